The van der Waals surface area contributed by atoms with Gasteiger partial charge in [0.25, 0.3) is 30.1 Å². The predicted octanol–water partition coefficient (Wildman–Crippen LogP) is 12.6. The Kier molecular flexibility index (Phi) is 25.7. The molecule has 10 aromatic rings. The first-order valence-electron chi connectivity index (χ1n) is 27.8. The molecule has 35 heteroatoms. The van der Waals surface area contributed by atoms with E-state index in [-0.39, 0.29) is 46.1 Å². The van der Waals surface area contributed by atoms with Crippen molar-refractivity contribution in [2.24, 2.45) is 0 Å². The fourth-order valence-electron chi connectivity index (χ4n) is 8.44. The zero-order valence-corrected chi connectivity index (χ0v) is 57.1. The molecule has 4 aromatic heterocycles. The number of anilines is 4. The third-order valence-electron chi connectivity index (χ3n) is 14.2. The van der Waals surface area contributed by atoms with E-state index in [1.165, 1.54) is 70.1 Å². The van der Waals surface area contributed by atoms with Crippen molar-refractivity contribution in [3.8, 4) is 51.9 Å². The number of benzene rings is 6. The summed E-state index contributed by atoms with van der Waals surface area (Å²) in [7, 11) is -8.82. The van der Waals surface area contributed by atoms with Crippen molar-refractivity contribution < 1.29 is 68.8 Å². The Balaban J connectivity index is 0.000000245. The number of nitrogen functional groups attached to an aromatic ring is 1. The van der Waals surface area contributed by atoms with Crippen LogP contribution in [0.3, 0.4) is 0 Å². The molecule has 98 heavy (non-hydrogen) atoms. The standard InChI is InChI=1S/C19H23BFNO5S.C19H13ClFN3O3S.C19H16FN5O3S.C6H2Cl2N2.H2N2.H2O.H2/c1-18(2)19(3,4)27-20(26-18)13-6-8-14(9-7-13)22-28(23,24)17-12-15(25-5)10-11-16(17)21;1-27-15-6-7-17(21)19(8-15)28(25,26)24-14-4-2-12(3-5-14)18-9-16(20)13(10-22)11-23-18;1-28-13-6-7-15(20)18(8-13)29(26,27)25-12-4-2-11(3-5-12)16-9-17-14(10-22-16)19(21)24-23-17;7-5-1-6(8)10-3-4(5)2-9;1-2;;/h6-12,22H,1-5H3;2-9,11,24H,1H3;2-10,25H,1H3,(H3,21,23,24);1,3H;1-2H;1H2;1H. The van der Waals surface area contributed by atoms with E-state index in [0.29, 0.717) is 44.2 Å². The SMILES string of the molecule is COc1ccc(F)c(S(=O)(=O)Nc2ccc(-c3cc(Cl)c(C#N)cn3)cc2)c1.COc1ccc(F)c(S(=O)(=O)Nc2ccc(-c3cc4[nH]nc(N)c4cn3)cc2)c1.COc1ccc(F)c(S(=O)(=O)Nc2ccc(B3OC(C)(C)C(C)(C)O3)cc2)c1.N#Cc1cnc(Cl)cc1Cl.N=N.O.[HH]. The molecule has 1 aliphatic rings. The van der Waals surface area contributed by atoms with Crippen LogP contribution in [-0.4, -0.2) is 95.5 Å². The lowest BCUT2D eigenvalue weighted by molar-refractivity contribution is 0.00578. The van der Waals surface area contributed by atoms with E-state index in [0.717, 1.165) is 58.3 Å². The van der Waals surface area contributed by atoms with E-state index in [1.807, 2.05) is 39.8 Å². The van der Waals surface area contributed by atoms with Gasteiger partial charge in [0.05, 0.1) is 76.0 Å². The maximum atomic E-state index is 14.0. The second-order valence-electron chi connectivity index (χ2n) is 21.1. The van der Waals surface area contributed by atoms with Crippen molar-refractivity contribution in [1.29, 1.82) is 21.6 Å². The maximum absolute atomic E-state index is 14.0. The smallest absolute Gasteiger partial charge is 0.494 e. The Hall–Kier alpha value is -10.1. The summed E-state index contributed by atoms with van der Waals surface area (Å²) in [6, 6.07) is 38.5. The number of halogens is 6. The number of aromatic nitrogens is 5. The number of nitrogens with two attached hydrogens (primary N) is 1. The van der Waals surface area contributed by atoms with Gasteiger partial charge in [-0.05, 0) is 124 Å². The molecule has 1 aliphatic heterocycles. The summed E-state index contributed by atoms with van der Waals surface area (Å²) in [6.07, 6.45) is 4.32. The van der Waals surface area contributed by atoms with Crippen LogP contribution in [0.4, 0.5) is 36.1 Å². The average molecular weight is 1460 g/mol. The normalized spacial score (nSPS) is 12.7. The highest BCUT2D eigenvalue weighted by Gasteiger charge is 2.51. The number of ether oxygens (including phenoxy) is 3. The lowest BCUT2D eigenvalue weighted by atomic mass is 9.79. The van der Waals surface area contributed by atoms with E-state index in [9.17, 15) is 38.4 Å². The van der Waals surface area contributed by atoms with E-state index in [1.54, 1.807) is 79.0 Å². The van der Waals surface area contributed by atoms with Crippen molar-refractivity contribution in [3.05, 3.63) is 208 Å². The first kappa shape index (κ1) is 76.9. The van der Waals surface area contributed by atoms with E-state index in [4.69, 9.17) is 85.6 Å². The molecule has 6 aromatic carbocycles. The monoisotopic (exact) mass is 1460 g/mol. The minimum absolute atomic E-state index is 0. The number of nitrogens with zero attached hydrogens (tertiary/aromatic N) is 6. The Morgan fingerprint density at radius 2 is 0.908 bits per heavy atom. The number of methoxy groups -OCH3 is 3. The van der Waals surface area contributed by atoms with Crippen LogP contribution in [0.15, 0.2) is 179 Å². The van der Waals surface area contributed by atoms with E-state index < -0.39 is 80.5 Å². The van der Waals surface area contributed by atoms with Gasteiger partial charge < -0.3 is 34.7 Å². The zero-order chi connectivity index (χ0) is 71.2. The van der Waals surface area contributed by atoms with Crippen LogP contribution in [-0.2, 0) is 39.4 Å². The highest BCUT2D eigenvalue weighted by Crippen LogP contribution is 2.37. The number of nitriles is 2. The number of aromatic amines is 1. The molecule has 0 saturated carbocycles. The largest absolute Gasteiger partial charge is 0.497 e. The number of sulfonamides is 3. The highest BCUT2D eigenvalue weighted by molar-refractivity contribution is 7.93. The van der Waals surface area contributed by atoms with Crippen LogP contribution in [0.2, 0.25) is 15.2 Å². The maximum Gasteiger partial charge on any atom is 0.494 e. The van der Waals surface area contributed by atoms with Gasteiger partial charge in [-0.3, -0.25) is 29.2 Å². The Labute approximate surface area is 578 Å². The minimum atomic E-state index is -4.15. The fourth-order valence-corrected chi connectivity index (χ4v) is 12.5. The average Bonchev–Trinajstić information content (AvgIpc) is 1.71. The summed E-state index contributed by atoms with van der Waals surface area (Å²) in [5.74, 6) is -1.54. The van der Waals surface area contributed by atoms with E-state index >= 15 is 0 Å². The fraction of sp³-hybridized carbons (Fsp3) is 0.143. The second-order valence-corrected chi connectivity index (χ2v) is 27.2. The molecular formula is C63H60BCl3F3N13O12S3. The molecule has 0 bridgehead atoms. The van der Waals surface area contributed by atoms with Gasteiger partial charge >= 0.3 is 7.12 Å². The molecule has 5 heterocycles. The number of H-pyrrole nitrogens is 1. The molecule has 10 N–H and O–H groups in total. The van der Waals surface area contributed by atoms with Crippen LogP contribution < -0.4 is 39.6 Å². The number of fused-ring (bicyclic) bond motifs is 1. The van der Waals surface area contributed by atoms with Crippen molar-refractivity contribution in [1.82, 2.24) is 25.1 Å². The van der Waals surface area contributed by atoms with Gasteiger partial charge in [0.15, 0.2) is 5.82 Å². The first-order chi connectivity index (χ1) is 45.9. The van der Waals surface area contributed by atoms with Crippen LogP contribution in [0.25, 0.3) is 33.4 Å². The summed E-state index contributed by atoms with van der Waals surface area (Å²) in [5.41, 5.74) is 20.3. The van der Waals surface area contributed by atoms with Gasteiger partial charge in [-0.1, -0.05) is 71.2 Å². The molecule has 25 nitrogen and oxygen atoms in total. The topological polar surface area (TPSA) is 405 Å². The number of pyridine rings is 3. The minimum Gasteiger partial charge on any atom is -0.497 e. The molecule has 0 amide bonds. The number of rotatable bonds is 15. The first-order valence-corrected chi connectivity index (χ1v) is 33.4. The molecule has 1 fully saturated rings. The van der Waals surface area contributed by atoms with Gasteiger partial charge in [-0.15, -0.1) is 0 Å². The molecule has 11 rings (SSSR count). The quantitative estimate of drug-likeness (QED) is 0.0285. The van der Waals surface area contributed by atoms with Crippen LogP contribution in [0.1, 0.15) is 40.2 Å². The lowest BCUT2D eigenvalue weighted by Gasteiger charge is -2.32. The van der Waals surface area contributed by atoms with Crippen molar-refractivity contribution in [3.63, 3.8) is 0 Å². The second kappa shape index (κ2) is 32.7. The Bertz CT molecular complexity index is 4940. The van der Waals surface area contributed by atoms with Gasteiger partial charge in [0.2, 0.25) is 0 Å². The van der Waals surface area contributed by atoms with Crippen LogP contribution in [0, 0.1) is 51.2 Å². The third kappa shape index (κ3) is 18.9. The Morgan fingerprint density at radius 3 is 1.28 bits per heavy atom. The summed E-state index contributed by atoms with van der Waals surface area (Å²) in [6.45, 7) is 7.83. The third-order valence-corrected chi connectivity index (χ3v) is 19.3. The van der Waals surface area contributed by atoms with Crippen molar-refractivity contribution >= 4 is 111 Å². The van der Waals surface area contributed by atoms with Gasteiger partial charge in [0, 0.05) is 66.4 Å². The molecular weight excluding hydrogens is 1400 g/mol. The van der Waals surface area contributed by atoms with Gasteiger partial charge in [0.1, 0.15) is 66.7 Å². The summed E-state index contributed by atoms with van der Waals surface area (Å²) >= 11 is 17.1. The lowest BCUT2D eigenvalue weighted by Crippen LogP contribution is -2.41. The number of hydrogen-bond acceptors (Lipinski definition) is 20. The molecule has 512 valence electrons. The summed E-state index contributed by atoms with van der Waals surface area (Å²) in [4.78, 5) is 10.7. The van der Waals surface area contributed by atoms with Crippen molar-refractivity contribution in [2.75, 3.05) is 41.2 Å². The van der Waals surface area contributed by atoms with Gasteiger partial charge in [-0.2, -0.15) is 15.6 Å². The molecule has 0 spiro atoms. The van der Waals surface area contributed by atoms with Crippen LogP contribution >= 0.6 is 34.8 Å². The molecule has 0 radical (unpaired) electrons. The number of hydrogen-bond donors (Lipinski definition) is 7. The zero-order valence-electron chi connectivity index (χ0n) is 52.4. The molecule has 0 atom stereocenters. The van der Waals surface area contributed by atoms with E-state index in [2.05, 4.69) is 39.3 Å². The van der Waals surface area contributed by atoms with Crippen LogP contribution in [0.5, 0.6) is 17.2 Å². The molecule has 1 saturated heterocycles. The summed E-state index contributed by atoms with van der Waals surface area (Å²) in [5, 5.41) is 25.7. The summed E-state index contributed by atoms with van der Waals surface area (Å²) < 4.78 is 151. The molecule has 0 unspecified atom stereocenters. The highest BCUT2D eigenvalue weighted by atomic mass is 35.5. The van der Waals surface area contributed by atoms with Crippen molar-refractivity contribution in [2.45, 2.75) is 53.6 Å². The number of nitrogens with one attached hydrogen (secondary N) is 6. The predicted molar refractivity (Wildman–Crippen MR) is 367 cm³/mol. The molecule has 0 aliphatic carbocycles. The Morgan fingerprint density at radius 1 is 0.551 bits per heavy atom. The van der Waals surface area contributed by atoms with Gasteiger partial charge in [-0.25, -0.2) is 54.5 Å².